The van der Waals surface area contributed by atoms with Crippen LogP contribution in [0.25, 0.3) is 0 Å². The van der Waals surface area contributed by atoms with Gasteiger partial charge in [-0.25, -0.2) is 9.18 Å². The largest absolute Gasteiger partial charge is 0.494 e. The Morgan fingerprint density at radius 2 is 2.26 bits per heavy atom. The average molecular weight is 270 g/mol. The van der Waals surface area contributed by atoms with Crippen LogP contribution in [0.15, 0.2) is 18.2 Å². The number of carbonyl (C=O) groups is 1. The van der Waals surface area contributed by atoms with E-state index >= 15 is 0 Å². The van der Waals surface area contributed by atoms with Crippen LogP contribution in [-0.4, -0.2) is 42.8 Å². The van der Waals surface area contributed by atoms with Gasteiger partial charge in [0, 0.05) is 25.3 Å². The molecule has 1 aromatic carbocycles. The molecule has 19 heavy (non-hydrogen) atoms. The third-order valence-corrected chi connectivity index (χ3v) is 2.63. The zero-order valence-electron chi connectivity index (χ0n) is 11.3. The minimum absolute atomic E-state index is 0.125. The zero-order chi connectivity index (χ0) is 14.4. The first kappa shape index (κ1) is 15.2. The maximum Gasteiger partial charge on any atom is 0.321 e. The van der Waals surface area contributed by atoms with Crippen molar-refractivity contribution in [3.05, 3.63) is 24.0 Å². The summed E-state index contributed by atoms with van der Waals surface area (Å²) in [6, 6.07) is 3.84. The van der Waals surface area contributed by atoms with Gasteiger partial charge in [-0.1, -0.05) is 0 Å². The SMILES string of the molecule is COc1ccc(NC(=O)N(C)CCC(C)O)cc1F. The molecule has 1 aromatic rings. The Morgan fingerprint density at radius 3 is 2.79 bits per heavy atom. The highest BCUT2D eigenvalue weighted by molar-refractivity contribution is 5.89. The van der Waals surface area contributed by atoms with E-state index in [4.69, 9.17) is 9.84 Å². The number of anilines is 1. The molecule has 0 aliphatic carbocycles. The van der Waals surface area contributed by atoms with Gasteiger partial charge in [0.2, 0.25) is 0 Å². The summed E-state index contributed by atoms with van der Waals surface area (Å²) in [6.45, 7) is 2.08. The summed E-state index contributed by atoms with van der Waals surface area (Å²) in [6.07, 6.45) is 0.0228. The molecule has 0 aliphatic rings. The second-order valence-corrected chi connectivity index (χ2v) is 4.34. The number of rotatable bonds is 5. The van der Waals surface area contributed by atoms with Crippen molar-refractivity contribution in [3.63, 3.8) is 0 Å². The summed E-state index contributed by atoms with van der Waals surface area (Å²) in [4.78, 5) is 13.2. The molecule has 5 nitrogen and oxygen atoms in total. The molecule has 1 unspecified atom stereocenters. The van der Waals surface area contributed by atoms with Gasteiger partial charge in [-0.15, -0.1) is 0 Å². The second-order valence-electron chi connectivity index (χ2n) is 4.34. The van der Waals surface area contributed by atoms with Crippen molar-refractivity contribution in [2.75, 3.05) is 26.0 Å². The molecular formula is C13H19FN2O3. The van der Waals surface area contributed by atoms with Crippen molar-refractivity contribution in [2.45, 2.75) is 19.4 Å². The summed E-state index contributed by atoms with van der Waals surface area (Å²) < 4.78 is 18.2. The molecule has 106 valence electrons. The number of hydrogen-bond donors (Lipinski definition) is 2. The maximum absolute atomic E-state index is 13.4. The number of ether oxygens (including phenoxy) is 1. The van der Waals surface area contributed by atoms with E-state index in [-0.39, 0.29) is 11.8 Å². The quantitative estimate of drug-likeness (QED) is 0.861. The first-order valence-electron chi connectivity index (χ1n) is 5.97. The third kappa shape index (κ3) is 4.75. The number of methoxy groups -OCH3 is 1. The Labute approximate surface area is 112 Å². The van der Waals surface area contributed by atoms with Crippen molar-refractivity contribution in [3.8, 4) is 5.75 Å². The van der Waals surface area contributed by atoms with Crippen molar-refractivity contribution in [1.29, 1.82) is 0 Å². The first-order valence-corrected chi connectivity index (χ1v) is 5.97. The molecule has 0 saturated carbocycles. The van der Waals surface area contributed by atoms with Crippen LogP contribution in [0.5, 0.6) is 5.75 Å². The van der Waals surface area contributed by atoms with Crippen LogP contribution in [0.4, 0.5) is 14.9 Å². The molecular weight excluding hydrogens is 251 g/mol. The minimum atomic E-state index is -0.535. The van der Waals surface area contributed by atoms with Crippen LogP contribution >= 0.6 is 0 Å². The molecule has 0 heterocycles. The van der Waals surface area contributed by atoms with Gasteiger partial charge in [0.05, 0.1) is 13.2 Å². The van der Waals surface area contributed by atoms with Crippen LogP contribution in [0.2, 0.25) is 0 Å². The predicted molar refractivity (Wildman–Crippen MR) is 70.9 cm³/mol. The van der Waals surface area contributed by atoms with Crippen LogP contribution in [0.1, 0.15) is 13.3 Å². The number of aliphatic hydroxyl groups excluding tert-OH is 1. The van der Waals surface area contributed by atoms with Gasteiger partial charge >= 0.3 is 6.03 Å². The molecule has 2 N–H and O–H groups in total. The zero-order valence-corrected chi connectivity index (χ0v) is 11.3. The van der Waals surface area contributed by atoms with Crippen LogP contribution in [-0.2, 0) is 0 Å². The number of amides is 2. The van der Waals surface area contributed by atoms with E-state index in [9.17, 15) is 9.18 Å². The van der Waals surface area contributed by atoms with Gasteiger partial charge in [-0.05, 0) is 25.5 Å². The molecule has 0 fully saturated rings. The van der Waals surface area contributed by atoms with Gasteiger partial charge in [0.15, 0.2) is 11.6 Å². The smallest absolute Gasteiger partial charge is 0.321 e. The van der Waals surface area contributed by atoms with Crippen molar-refractivity contribution < 1.29 is 19.0 Å². The highest BCUT2D eigenvalue weighted by Crippen LogP contribution is 2.20. The van der Waals surface area contributed by atoms with Crippen LogP contribution in [0, 0.1) is 5.82 Å². The van der Waals surface area contributed by atoms with Gasteiger partial charge in [0.1, 0.15) is 0 Å². The maximum atomic E-state index is 13.4. The third-order valence-electron chi connectivity index (χ3n) is 2.63. The molecule has 0 saturated heterocycles. The lowest BCUT2D eigenvalue weighted by molar-refractivity contribution is 0.167. The highest BCUT2D eigenvalue weighted by atomic mass is 19.1. The normalized spacial score (nSPS) is 11.8. The Bertz CT molecular complexity index is 438. The fraction of sp³-hybridized carbons (Fsp3) is 0.462. The minimum Gasteiger partial charge on any atom is -0.494 e. The number of carbonyl (C=O) groups excluding carboxylic acids is 1. The summed E-state index contributed by atoms with van der Waals surface area (Å²) in [5, 5.41) is 11.7. The number of urea groups is 1. The molecule has 0 aromatic heterocycles. The predicted octanol–water partition coefficient (Wildman–Crippen LogP) is 2.07. The van der Waals surface area contributed by atoms with E-state index in [2.05, 4.69) is 5.32 Å². The van der Waals surface area contributed by atoms with Crippen molar-refractivity contribution in [1.82, 2.24) is 4.90 Å². The summed E-state index contributed by atoms with van der Waals surface area (Å²) in [5.74, 6) is -0.410. The lowest BCUT2D eigenvalue weighted by Crippen LogP contribution is -2.33. The lowest BCUT2D eigenvalue weighted by Gasteiger charge is -2.18. The molecule has 0 spiro atoms. The molecule has 1 rings (SSSR count). The summed E-state index contributed by atoms with van der Waals surface area (Å²) in [5.41, 5.74) is 0.354. The monoisotopic (exact) mass is 270 g/mol. The fourth-order valence-corrected chi connectivity index (χ4v) is 1.45. The van der Waals surface area contributed by atoms with E-state index in [1.807, 2.05) is 0 Å². The Balaban J connectivity index is 2.59. The number of nitrogens with zero attached hydrogens (tertiary/aromatic N) is 1. The Kier molecular flexibility index (Phi) is 5.57. The topological polar surface area (TPSA) is 61.8 Å². The molecule has 0 bridgehead atoms. The van der Waals surface area contributed by atoms with Crippen molar-refractivity contribution in [2.24, 2.45) is 0 Å². The fourth-order valence-electron chi connectivity index (χ4n) is 1.45. The molecule has 0 aliphatic heterocycles. The van der Waals surface area contributed by atoms with E-state index in [0.717, 1.165) is 0 Å². The van der Waals surface area contributed by atoms with E-state index in [0.29, 0.717) is 18.7 Å². The molecule has 1 atom stereocenters. The van der Waals surface area contributed by atoms with E-state index < -0.39 is 11.9 Å². The van der Waals surface area contributed by atoms with Gasteiger partial charge < -0.3 is 20.1 Å². The molecule has 2 amide bonds. The Hall–Kier alpha value is -1.82. The van der Waals surface area contributed by atoms with Gasteiger partial charge in [-0.3, -0.25) is 0 Å². The van der Waals surface area contributed by atoms with Gasteiger partial charge in [-0.2, -0.15) is 0 Å². The average Bonchev–Trinajstić information content (AvgIpc) is 2.36. The Morgan fingerprint density at radius 1 is 1.58 bits per heavy atom. The summed E-state index contributed by atoms with van der Waals surface area (Å²) in [7, 11) is 2.98. The van der Waals surface area contributed by atoms with E-state index in [1.165, 1.54) is 24.1 Å². The van der Waals surface area contributed by atoms with Gasteiger partial charge in [0.25, 0.3) is 0 Å². The molecule has 6 heteroatoms. The first-order chi connectivity index (χ1) is 8.93. The van der Waals surface area contributed by atoms with E-state index in [1.54, 1.807) is 20.0 Å². The number of aliphatic hydroxyl groups is 1. The van der Waals surface area contributed by atoms with Crippen LogP contribution < -0.4 is 10.1 Å². The number of halogens is 1. The summed E-state index contributed by atoms with van der Waals surface area (Å²) >= 11 is 0. The van der Waals surface area contributed by atoms with Crippen molar-refractivity contribution >= 4 is 11.7 Å². The highest BCUT2D eigenvalue weighted by Gasteiger charge is 2.11. The lowest BCUT2D eigenvalue weighted by atomic mass is 10.2. The number of hydrogen-bond acceptors (Lipinski definition) is 3. The number of benzene rings is 1. The second kappa shape index (κ2) is 6.94. The molecule has 0 radical (unpaired) electrons. The standard InChI is InChI=1S/C13H19FN2O3/c1-9(17)6-7-16(2)13(18)15-10-4-5-12(19-3)11(14)8-10/h4-5,8-9,17H,6-7H2,1-3H3,(H,15,18). The van der Waals surface area contributed by atoms with Crippen LogP contribution in [0.3, 0.4) is 0 Å². The number of nitrogens with one attached hydrogen (secondary N) is 1.